The van der Waals surface area contributed by atoms with E-state index in [0.29, 0.717) is 34.8 Å². The molecule has 4 heteroatoms. The second-order valence-corrected chi connectivity index (χ2v) is 6.48. The summed E-state index contributed by atoms with van der Waals surface area (Å²) < 4.78 is 6.44. The van der Waals surface area contributed by atoms with Gasteiger partial charge >= 0.3 is 5.76 Å². The van der Waals surface area contributed by atoms with Gasteiger partial charge in [0, 0.05) is 5.92 Å². The van der Waals surface area contributed by atoms with E-state index in [1.54, 1.807) is 18.2 Å². The maximum Gasteiger partial charge on any atom is 0.426 e. The molecule has 0 saturated heterocycles. The predicted octanol–water partition coefficient (Wildman–Crippen LogP) is 2.69. The van der Waals surface area contributed by atoms with Crippen LogP contribution in [0.4, 0.5) is 0 Å². The highest BCUT2D eigenvalue weighted by Crippen LogP contribution is 2.64. The van der Waals surface area contributed by atoms with Gasteiger partial charge < -0.3 is 4.42 Å². The molecule has 1 aromatic carbocycles. The van der Waals surface area contributed by atoms with Crippen LogP contribution in [0.25, 0.3) is 11.1 Å². The third-order valence-electron chi connectivity index (χ3n) is 5.55. The van der Waals surface area contributed by atoms with Gasteiger partial charge in [0.25, 0.3) is 0 Å². The Morgan fingerprint density at radius 1 is 1.10 bits per heavy atom. The van der Waals surface area contributed by atoms with Crippen molar-refractivity contribution in [2.24, 2.45) is 29.6 Å². The summed E-state index contributed by atoms with van der Waals surface area (Å²) in [5.41, 5.74) is 1.08. The van der Waals surface area contributed by atoms with Crippen molar-refractivity contribution in [1.29, 1.82) is 0 Å². The predicted molar refractivity (Wildman–Crippen MR) is 76.9 cm³/mol. The van der Waals surface area contributed by atoms with Crippen LogP contribution < -0.4 is 5.76 Å². The third kappa shape index (κ3) is 1.40. The number of fused-ring (bicyclic) bond motifs is 2. The maximum absolute atomic E-state index is 12.9. The fourth-order valence-electron chi connectivity index (χ4n) is 4.62. The molecule has 1 unspecified atom stereocenters. The van der Waals surface area contributed by atoms with Crippen LogP contribution >= 0.6 is 0 Å². The van der Waals surface area contributed by atoms with Gasteiger partial charge in [0.1, 0.15) is 0 Å². The minimum absolute atomic E-state index is 0.00351. The van der Waals surface area contributed by atoms with Gasteiger partial charge in [0.2, 0.25) is 5.91 Å². The molecule has 2 bridgehead atoms. The van der Waals surface area contributed by atoms with E-state index in [-0.39, 0.29) is 11.8 Å². The Kier molecular flexibility index (Phi) is 2.06. The average molecular weight is 281 g/mol. The highest BCUT2D eigenvalue weighted by molar-refractivity contribution is 5.92. The molecule has 2 aromatic rings. The average Bonchev–Trinajstić information content (AvgIpc) is 3.20. The SMILES string of the molecule is O=C(C1[C@@H]2[C@H]1[C@@H]1C=C[C@H]2CC1)n1c(=O)oc2ccccc21. The summed E-state index contributed by atoms with van der Waals surface area (Å²) in [5, 5.41) is 0. The number of allylic oxidation sites excluding steroid dienone is 2. The van der Waals surface area contributed by atoms with Crippen molar-refractivity contribution in [2.75, 3.05) is 0 Å². The van der Waals surface area contributed by atoms with Crippen molar-refractivity contribution in [1.82, 2.24) is 4.57 Å². The van der Waals surface area contributed by atoms with Crippen LogP contribution in [0.1, 0.15) is 17.6 Å². The van der Waals surface area contributed by atoms with Crippen LogP contribution in [0.3, 0.4) is 0 Å². The first-order valence-corrected chi connectivity index (χ1v) is 7.59. The third-order valence-corrected chi connectivity index (χ3v) is 5.55. The van der Waals surface area contributed by atoms with Crippen molar-refractivity contribution >= 4 is 17.0 Å². The van der Waals surface area contributed by atoms with Gasteiger partial charge in [-0.15, -0.1) is 0 Å². The highest BCUT2D eigenvalue weighted by atomic mass is 16.4. The van der Waals surface area contributed by atoms with Gasteiger partial charge in [-0.1, -0.05) is 24.3 Å². The van der Waals surface area contributed by atoms with E-state index >= 15 is 0 Å². The largest absolute Gasteiger partial charge is 0.426 e. The number of carbonyl (C=O) groups is 1. The van der Waals surface area contributed by atoms with Gasteiger partial charge in [-0.3, -0.25) is 4.79 Å². The van der Waals surface area contributed by atoms with Crippen LogP contribution in [-0.2, 0) is 0 Å². The zero-order valence-corrected chi connectivity index (χ0v) is 11.4. The highest BCUT2D eigenvalue weighted by Gasteiger charge is 2.63. The minimum atomic E-state index is -0.551. The lowest BCUT2D eigenvalue weighted by molar-refractivity contribution is 0.0867. The summed E-state index contributed by atoms with van der Waals surface area (Å²) in [6.07, 6.45) is 6.93. The van der Waals surface area contributed by atoms with E-state index in [1.807, 2.05) is 6.07 Å². The lowest BCUT2D eigenvalue weighted by Gasteiger charge is -2.28. The molecular weight excluding hydrogens is 266 g/mol. The molecule has 0 radical (unpaired) electrons. The standard InChI is InChI=1S/C17H15NO3/c19-16(15-13-9-5-6-10(8-7-9)14(13)15)18-11-3-1-2-4-12(11)21-17(18)20/h1-6,9-10,13-15H,7-8H2/t9-,10+,13-,14+,15?. The van der Waals surface area contributed by atoms with E-state index in [0.717, 1.165) is 0 Å². The second-order valence-electron chi connectivity index (χ2n) is 6.48. The van der Waals surface area contributed by atoms with Gasteiger partial charge in [0.05, 0.1) is 5.52 Å². The number of para-hydroxylation sites is 2. The molecule has 5 atom stereocenters. The number of oxazole rings is 1. The number of hydrogen-bond donors (Lipinski definition) is 0. The maximum atomic E-state index is 12.9. The Morgan fingerprint density at radius 3 is 2.43 bits per heavy atom. The molecule has 106 valence electrons. The van der Waals surface area contributed by atoms with E-state index in [9.17, 15) is 9.59 Å². The van der Waals surface area contributed by atoms with Crippen LogP contribution in [-0.4, -0.2) is 10.5 Å². The van der Waals surface area contributed by atoms with Crippen molar-refractivity contribution in [3.8, 4) is 0 Å². The van der Waals surface area contributed by atoms with Gasteiger partial charge in [-0.2, -0.15) is 0 Å². The number of rotatable bonds is 1. The van der Waals surface area contributed by atoms with E-state index < -0.39 is 5.76 Å². The Morgan fingerprint density at radius 2 is 1.76 bits per heavy atom. The van der Waals surface area contributed by atoms with E-state index in [1.165, 1.54) is 17.4 Å². The smallest absolute Gasteiger partial charge is 0.407 e. The molecule has 2 fully saturated rings. The van der Waals surface area contributed by atoms with Gasteiger partial charge in [0.15, 0.2) is 5.58 Å². The van der Waals surface area contributed by atoms with Crippen molar-refractivity contribution in [2.45, 2.75) is 12.8 Å². The quantitative estimate of drug-likeness (QED) is 0.755. The zero-order valence-electron chi connectivity index (χ0n) is 11.4. The summed E-state index contributed by atoms with van der Waals surface area (Å²) in [6, 6.07) is 7.14. The van der Waals surface area contributed by atoms with E-state index in [4.69, 9.17) is 4.42 Å². The normalized spacial score (nSPS) is 35.9. The second kappa shape index (κ2) is 3.75. The minimum Gasteiger partial charge on any atom is -0.407 e. The zero-order chi connectivity index (χ0) is 14.1. The molecule has 4 nitrogen and oxygen atoms in total. The summed E-state index contributed by atoms with van der Waals surface area (Å²) >= 11 is 0. The topological polar surface area (TPSA) is 52.2 Å². The number of hydrogen-bond acceptors (Lipinski definition) is 3. The van der Waals surface area contributed by atoms with Crippen molar-refractivity contribution in [3.63, 3.8) is 0 Å². The molecule has 4 aliphatic rings. The number of carbonyl (C=O) groups excluding carboxylic acids is 1. The Bertz CT molecular complexity index is 823. The molecule has 0 spiro atoms. The monoisotopic (exact) mass is 281 g/mol. The Hall–Kier alpha value is -2.10. The molecule has 21 heavy (non-hydrogen) atoms. The molecule has 1 heterocycles. The summed E-state index contributed by atoms with van der Waals surface area (Å²) in [6.45, 7) is 0. The van der Waals surface area contributed by atoms with Crippen LogP contribution in [0.5, 0.6) is 0 Å². The van der Waals surface area contributed by atoms with E-state index in [2.05, 4.69) is 12.2 Å². The molecule has 6 rings (SSSR count). The lowest BCUT2D eigenvalue weighted by atomic mass is 9.76. The lowest BCUT2D eigenvalue weighted by Crippen LogP contribution is -2.25. The van der Waals surface area contributed by atoms with Crippen LogP contribution in [0.15, 0.2) is 45.6 Å². The first-order valence-electron chi connectivity index (χ1n) is 7.59. The first-order chi connectivity index (χ1) is 10.3. The summed E-state index contributed by atoms with van der Waals surface area (Å²) in [4.78, 5) is 24.9. The molecular formula is C17H15NO3. The molecule has 0 N–H and O–H groups in total. The fraction of sp³-hybridized carbons (Fsp3) is 0.412. The molecule has 0 aliphatic heterocycles. The fourth-order valence-corrected chi connectivity index (χ4v) is 4.62. The molecule has 4 aliphatic carbocycles. The molecule has 2 saturated carbocycles. The van der Waals surface area contributed by atoms with Crippen LogP contribution in [0, 0.1) is 29.6 Å². The number of benzene rings is 1. The summed E-state index contributed by atoms with van der Waals surface area (Å²) in [5.74, 6) is 1.33. The van der Waals surface area contributed by atoms with Crippen molar-refractivity contribution < 1.29 is 9.21 Å². The molecule has 0 amide bonds. The number of aromatic nitrogens is 1. The first kappa shape index (κ1) is 11.5. The Balaban J connectivity index is 1.58. The van der Waals surface area contributed by atoms with Crippen molar-refractivity contribution in [3.05, 3.63) is 47.0 Å². The van der Waals surface area contributed by atoms with Gasteiger partial charge in [-0.05, 0) is 48.6 Å². The Labute approximate surface area is 121 Å². The molecule has 1 aromatic heterocycles. The van der Waals surface area contributed by atoms with Crippen LogP contribution in [0.2, 0.25) is 0 Å². The van der Waals surface area contributed by atoms with Gasteiger partial charge in [-0.25, -0.2) is 9.36 Å². The number of nitrogens with zero attached hydrogens (tertiary/aromatic N) is 1. The summed E-state index contributed by atoms with van der Waals surface area (Å²) in [7, 11) is 0.